The van der Waals surface area contributed by atoms with E-state index >= 15 is 0 Å². The van der Waals surface area contributed by atoms with Gasteiger partial charge in [0.2, 0.25) is 0 Å². The van der Waals surface area contributed by atoms with E-state index in [0.717, 1.165) is 12.8 Å². The normalized spacial score (nSPS) is 19.2. The zero-order valence-electron chi connectivity index (χ0n) is 9.17. The maximum atomic E-state index is 14.8. The van der Waals surface area contributed by atoms with Gasteiger partial charge in [0.05, 0.1) is 7.11 Å². The molecule has 1 atom stereocenters. The summed E-state index contributed by atoms with van der Waals surface area (Å²) in [7, 11) is 1.52. The van der Waals surface area contributed by atoms with Crippen molar-refractivity contribution in [2.24, 2.45) is 11.7 Å². The van der Waals surface area contributed by atoms with Crippen LogP contribution in [0.25, 0.3) is 0 Å². The highest BCUT2D eigenvalue weighted by molar-refractivity contribution is 6.30. The minimum Gasteiger partial charge on any atom is -0.496 e. The number of hydrogen-bond donors (Lipinski definition) is 1. The Balaban J connectivity index is 2.47. The first-order chi connectivity index (χ1) is 7.61. The molecule has 2 rings (SSSR count). The van der Waals surface area contributed by atoms with Gasteiger partial charge >= 0.3 is 0 Å². The van der Waals surface area contributed by atoms with Gasteiger partial charge in [-0.3, -0.25) is 0 Å². The Morgan fingerprint density at radius 2 is 2.25 bits per heavy atom. The third-order valence-corrected chi connectivity index (χ3v) is 3.37. The van der Waals surface area contributed by atoms with E-state index in [4.69, 9.17) is 22.1 Å². The van der Waals surface area contributed by atoms with Crippen LogP contribution >= 0.6 is 11.6 Å². The number of alkyl halides is 1. The minimum absolute atomic E-state index is 0.00451. The molecule has 1 aromatic carbocycles. The highest BCUT2D eigenvalue weighted by Crippen LogP contribution is 2.50. The maximum Gasteiger partial charge on any atom is 0.154 e. The predicted octanol–water partition coefficient (Wildman–Crippen LogP) is 2.88. The highest BCUT2D eigenvalue weighted by atomic mass is 35.5. The van der Waals surface area contributed by atoms with Gasteiger partial charge in [-0.2, -0.15) is 0 Å². The SMILES string of the molecule is COc1ccc(Cl)cc1C(F)(CN)C1CC1. The maximum absolute atomic E-state index is 14.8. The Kier molecular flexibility index (Phi) is 3.08. The molecule has 88 valence electrons. The Morgan fingerprint density at radius 3 is 2.75 bits per heavy atom. The third kappa shape index (κ3) is 1.89. The Hall–Kier alpha value is -0.800. The summed E-state index contributed by atoms with van der Waals surface area (Å²) in [4.78, 5) is 0. The smallest absolute Gasteiger partial charge is 0.154 e. The van der Waals surface area contributed by atoms with Crippen LogP contribution < -0.4 is 10.5 Å². The van der Waals surface area contributed by atoms with Crippen molar-refractivity contribution in [2.75, 3.05) is 13.7 Å². The molecule has 0 radical (unpaired) electrons. The van der Waals surface area contributed by atoms with Crippen LogP contribution in [0.1, 0.15) is 18.4 Å². The van der Waals surface area contributed by atoms with Gasteiger partial charge in [-0.15, -0.1) is 0 Å². The molecule has 4 heteroatoms. The predicted molar refractivity (Wildman–Crippen MR) is 62.6 cm³/mol. The average molecular weight is 244 g/mol. The fourth-order valence-corrected chi connectivity index (χ4v) is 2.21. The first-order valence-electron chi connectivity index (χ1n) is 5.35. The summed E-state index contributed by atoms with van der Waals surface area (Å²) in [6, 6.07) is 4.99. The van der Waals surface area contributed by atoms with E-state index in [2.05, 4.69) is 0 Å². The molecule has 1 saturated carbocycles. The molecule has 0 amide bonds. The van der Waals surface area contributed by atoms with Gasteiger partial charge in [0, 0.05) is 17.1 Å². The largest absolute Gasteiger partial charge is 0.496 e. The van der Waals surface area contributed by atoms with Crippen molar-refractivity contribution in [3.8, 4) is 5.75 Å². The van der Waals surface area contributed by atoms with Crippen LogP contribution in [0.15, 0.2) is 18.2 Å². The quantitative estimate of drug-likeness (QED) is 0.883. The molecule has 2 N–H and O–H groups in total. The van der Waals surface area contributed by atoms with Crippen molar-refractivity contribution in [3.63, 3.8) is 0 Å². The van der Waals surface area contributed by atoms with Crippen molar-refractivity contribution in [2.45, 2.75) is 18.5 Å². The summed E-state index contributed by atoms with van der Waals surface area (Å²) in [5.74, 6) is 0.522. The molecule has 0 bridgehead atoms. The van der Waals surface area contributed by atoms with Crippen molar-refractivity contribution >= 4 is 11.6 Å². The van der Waals surface area contributed by atoms with Crippen LogP contribution in [-0.4, -0.2) is 13.7 Å². The van der Waals surface area contributed by atoms with E-state index in [1.54, 1.807) is 18.2 Å². The molecule has 0 aliphatic heterocycles. The lowest BCUT2D eigenvalue weighted by Crippen LogP contribution is -2.33. The molecular weight excluding hydrogens is 229 g/mol. The first kappa shape index (κ1) is 11.7. The number of rotatable bonds is 4. The monoisotopic (exact) mass is 243 g/mol. The van der Waals surface area contributed by atoms with E-state index in [1.165, 1.54) is 7.11 Å². The lowest BCUT2D eigenvalue weighted by molar-refractivity contribution is 0.138. The fraction of sp³-hybridized carbons (Fsp3) is 0.500. The first-order valence-corrected chi connectivity index (χ1v) is 5.72. The molecule has 0 spiro atoms. The molecule has 2 nitrogen and oxygen atoms in total. The molecule has 16 heavy (non-hydrogen) atoms. The van der Waals surface area contributed by atoms with Crippen LogP contribution in [-0.2, 0) is 5.67 Å². The fourth-order valence-electron chi connectivity index (χ4n) is 2.04. The minimum atomic E-state index is -1.50. The third-order valence-electron chi connectivity index (χ3n) is 3.13. The average Bonchev–Trinajstić information content (AvgIpc) is 3.12. The summed E-state index contributed by atoms with van der Waals surface area (Å²) in [5, 5.41) is 0.506. The van der Waals surface area contributed by atoms with Gasteiger partial charge in [0.25, 0.3) is 0 Å². The summed E-state index contributed by atoms with van der Waals surface area (Å²) < 4.78 is 20.0. The van der Waals surface area contributed by atoms with Crippen molar-refractivity contribution in [1.82, 2.24) is 0 Å². The van der Waals surface area contributed by atoms with Crippen LogP contribution in [0.5, 0.6) is 5.75 Å². The lowest BCUT2D eigenvalue weighted by atomic mass is 9.90. The molecule has 1 fully saturated rings. The van der Waals surface area contributed by atoms with Crippen molar-refractivity contribution in [1.29, 1.82) is 0 Å². The van der Waals surface area contributed by atoms with E-state index in [1.807, 2.05) is 0 Å². The number of benzene rings is 1. The molecule has 1 aliphatic rings. The molecular formula is C12H15ClFNO. The Bertz CT molecular complexity index is 395. The molecule has 0 saturated heterocycles. The van der Waals surface area contributed by atoms with E-state index in [0.29, 0.717) is 16.3 Å². The molecule has 1 aliphatic carbocycles. The molecule has 1 aromatic rings. The van der Waals surface area contributed by atoms with E-state index in [9.17, 15) is 4.39 Å². The van der Waals surface area contributed by atoms with Gasteiger partial charge in [-0.1, -0.05) is 11.6 Å². The second-order valence-electron chi connectivity index (χ2n) is 4.19. The van der Waals surface area contributed by atoms with Crippen LogP contribution in [0.2, 0.25) is 5.02 Å². The van der Waals surface area contributed by atoms with Gasteiger partial charge in [-0.25, -0.2) is 4.39 Å². The number of hydrogen-bond acceptors (Lipinski definition) is 2. The van der Waals surface area contributed by atoms with Gasteiger partial charge < -0.3 is 10.5 Å². The number of methoxy groups -OCH3 is 1. The highest BCUT2D eigenvalue weighted by Gasteiger charge is 2.47. The summed E-state index contributed by atoms with van der Waals surface area (Å²) in [6.07, 6.45) is 1.76. The van der Waals surface area contributed by atoms with Crippen molar-refractivity contribution < 1.29 is 9.13 Å². The Labute approximate surface area is 99.5 Å². The van der Waals surface area contributed by atoms with Crippen LogP contribution in [0.3, 0.4) is 0 Å². The summed E-state index contributed by atoms with van der Waals surface area (Å²) in [6.45, 7) is -0.0334. The second kappa shape index (κ2) is 4.22. The van der Waals surface area contributed by atoms with Crippen LogP contribution in [0, 0.1) is 5.92 Å². The number of nitrogens with two attached hydrogens (primary N) is 1. The topological polar surface area (TPSA) is 35.2 Å². The van der Waals surface area contributed by atoms with Gasteiger partial charge in [0.1, 0.15) is 5.75 Å². The Morgan fingerprint density at radius 1 is 1.56 bits per heavy atom. The van der Waals surface area contributed by atoms with Gasteiger partial charge in [0.15, 0.2) is 5.67 Å². The molecule has 0 heterocycles. The molecule has 0 aromatic heterocycles. The van der Waals surface area contributed by atoms with E-state index < -0.39 is 5.67 Å². The second-order valence-corrected chi connectivity index (χ2v) is 4.62. The summed E-state index contributed by atoms with van der Waals surface area (Å²) in [5.41, 5.74) is 4.56. The standard InChI is InChI=1S/C12H15ClFNO/c1-16-11-5-4-9(13)6-10(11)12(14,7-15)8-2-3-8/h4-6,8H,2-3,7,15H2,1H3. The molecule has 1 unspecified atom stereocenters. The van der Waals surface area contributed by atoms with Crippen molar-refractivity contribution in [3.05, 3.63) is 28.8 Å². The number of halogens is 2. The number of ether oxygens (including phenoxy) is 1. The zero-order chi connectivity index (χ0) is 11.8. The van der Waals surface area contributed by atoms with Gasteiger partial charge in [-0.05, 0) is 37.0 Å². The van der Waals surface area contributed by atoms with Crippen LogP contribution in [0.4, 0.5) is 4.39 Å². The zero-order valence-corrected chi connectivity index (χ0v) is 9.93. The summed E-state index contributed by atoms with van der Waals surface area (Å²) >= 11 is 5.90. The lowest BCUT2D eigenvalue weighted by Gasteiger charge is -2.26. The van der Waals surface area contributed by atoms with E-state index in [-0.39, 0.29) is 12.5 Å².